The quantitative estimate of drug-likeness (QED) is 0.489. The number of aldehydes is 2. The van der Waals surface area contributed by atoms with Gasteiger partial charge in [-0.25, -0.2) is 0 Å². The number of nitrogens with zero attached hydrogens (tertiary/aromatic N) is 1. The summed E-state index contributed by atoms with van der Waals surface area (Å²) >= 11 is 0. The zero-order valence-electron chi connectivity index (χ0n) is 8.54. The van der Waals surface area contributed by atoms with E-state index < -0.39 is 18.0 Å². The number of hydrogen-bond acceptors (Lipinski definition) is 5. The van der Waals surface area contributed by atoms with Crippen molar-refractivity contribution in [2.24, 2.45) is 0 Å². The molecule has 0 aromatic rings. The summed E-state index contributed by atoms with van der Waals surface area (Å²) in [7, 11) is 0. The largest absolute Gasteiger partial charge is 0.481 e. The van der Waals surface area contributed by atoms with Crippen LogP contribution in [-0.4, -0.2) is 58.8 Å². The Morgan fingerprint density at radius 3 is 1.94 bits per heavy atom. The summed E-state index contributed by atoms with van der Waals surface area (Å²) in [5.74, 6) is -2.37. The summed E-state index contributed by atoms with van der Waals surface area (Å²) in [6.07, 6.45) is 0.470. The van der Waals surface area contributed by atoms with Crippen molar-refractivity contribution in [1.82, 2.24) is 4.90 Å². The van der Waals surface area contributed by atoms with E-state index in [9.17, 15) is 19.2 Å². The van der Waals surface area contributed by atoms with Crippen molar-refractivity contribution in [2.75, 3.05) is 13.1 Å². The Morgan fingerprint density at radius 1 is 1.12 bits per heavy atom. The molecule has 0 aliphatic rings. The van der Waals surface area contributed by atoms with Gasteiger partial charge in [-0.15, -0.1) is 0 Å². The molecule has 0 aliphatic heterocycles. The molecule has 1 atom stereocenters. The number of rotatable bonds is 9. The lowest BCUT2D eigenvalue weighted by atomic mass is 10.1. The highest BCUT2D eigenvalue weighted by molar-refractivity contribution is 5.76. The van der Waals surface area contributed by atoms with Crippen molar-refractivity contribution in [2.45, 2.75) is 18.9 Å². The SMILES string of the molecule is O=CCN(CC=O)C(CCC(=O)O)C(=O)O. The van der Waals surface area contributed by atoms with E-state index in [1.165, 1.54) is 0 Å². The second-order valence-electron chi connectivity index (χ2n) is 3.07. The van der Waals surface area contributed by atoms with Gasteiger partial charge < -0.3 is 19.8 Å². The molecule has 2 N–H and O–H groups in total. The molecule has 0 aromatic heterocycles. The third kappa shape index (κ3) is 5.20. The van der Waals surface area contributed by atoms with E-state index in [0.29, 0.717) is 12.6 Å². The standard InChI is InChI=1S/C9H13NO6/c11-5-3-10(4-6-12)7(9(15)16)1-2-8(13)14/h5-7H,1-4H2,(H,13,14)(H,15,16). The maximum absolute atomic E-state index is 10.8. The van der Waals surface area contributed by atoms with Gasteiger partial charge >= 0.3 is 11.9 Å². The maximum atomic E-state index is 10.8. The number of hydrogen-bond donors (Lipinski definition) is 2. The van der Waals surface area contributed by atoms with Crippen molar-refractivity contribution in [1.29, 1.82) is 0 Å². The zero-order chi connectivity index (χ0) is 12.6. The van der Waals surface area contributed by atoms with Gasteiger partial charge in [0.15, 0.2) is 0 Å². The maximum Gasteiger partial charge on any atom is 0.320 e. The molecule has 1 unspecified atom stereocenters. The molecule has 7 heteroatoms. The zero-order valence-corrected chi connectivity index (χ0v) is 8.54. The molecular weight excluding hydrogens is 218 g/mol. The first-order valence-corrected chi connectivity index (χ1v) is 4.58. The predicted octanol–water partition coefficient (Wildman–Crippen LogP) is -0.996. The summed E-state index contributed by atoms with van der Waals surface area (Å²) in [5.41, 5.74) is 0. The van der Waals surface area contributed by atoms with Crippen LogP contribution in [0.15, 0.2) is 0 Å². The number of carbonyl (C=O) groups is 4. The Bertz CT molecular complexity index is 267. The molecule has 0 bridgehead atoms. The third-order valence-corrected chi connectivity index (χ3v) is 1.98. The van der Waals surface area contributed by atoms with Crippen LogP contribution in [0.2, 0.25) is 0 Å². The highest BCUT2D eigenvalue weighted by atomic mass is 16.4. The van der Waals surface area contributed by atoms with Crippen LogP contribution in [0.5, 0.6) is 0 Å². The fraction of sp³-hybridized carbons (Fsp3) is 0.556. The van der Waals surface area contributed by atoms with Crippen LogP contribution < -0.4 is 0 Å². The Morgan fingerprint density at radius 2 is 1.62 bits per heavy atom. The molecule has 7 nitrogen and oxygen atoms in total. The van der Waals surface area contributed by atoms with Crippen LogP contribution in [0, 0.1) is 0 Å². The van der Waals surface area contributed by atoms with E-state index in [0.717, 1.165) is 4.90 Å². The summed E-state index contributed by atoms with van der Waals surface area (Å²) in [5, 5.41) is 17.3. The van der Waals surface area contributed by atoms with Gasteiger partial charge in [0.25, 0.3) is 0 Å². The number of aliphatic carboxylic acids is 2. The highest BCUT2D eigenvalue weighted by Crippen LogP contribution is 2.06. The van der Waals surface area contributed by atoms with Crippen molar-refractivity contribution >= 4 is 24.5 Å². The van der Waals surface area contributed by atoms with Crippen LogP contribution in [0.25, 0.3) is 0 Å². The monoisotopic (exact) mass is 231 g/mol. The molecule has 90 valence electrons. The average molecular weight is 231 g/mol. The first-order valence-electron chi connectivity index (χ1n) is 4.58. The molecule has 0 amide bonds. The minimum atomic E-state index is -1.25. The molecule has 0 fully saturated rings. The Labute approximate surface area is 91.7 Å². The smallest absolute Gasteiger partial charge is 0.320 e. The van der Waals surface area contributed by atoms with Crippen LogP contribution in [-0.2, 0) is 19.2 Å². The van der Waals surface area contributed by atoms with Gasteiger partial charge in [-0.05, 0) is 6.42 Å². The van der Waals surface area contributed by atoms with Gasteiger partial charge in [-0.2, -0.15) is 0 Å². The van der Waals surface area contributed by atoms with Crippen LogP contribution in [0.1, 0.15) is 12.8 Å². The normalized spacial score (nSPS) is 12.1. The summed E-state index contributed by atoms with van der Waals surface area (Å²) in [6.45, 7) is -0.426. The van der Waals surface area contributed by atoms with Crippen molar-refractivity contribution in [3.05, 3.63) is 0 Å². The predicted molar refractivity (Wildman–Crippen MR) is 52.0 cm³/mol. The summed E-state index contributed by atoms with van der Waals surface area (Å²) in [4.78, 5) is 42.8. The van der Waals surface area contributed by atoms with E-state index in [1.54, 1.807) is 0 Å². The van der Waals surface area contributed by atoms with Gasteiger partial charge in [0.2, 0.25) is 0 Å². The lowest BCUT2D eigenvalue weighted by Gasteiger charge is -2.24. The molecule has 0 heterocycles. The summed E-state index contributed by atoms with van der Waals surface area (Å²) in [6, 6.07) is -1.13. The third-order valence-electron chi connectivity index (χ3n) is 1.98. The van der Waals surface area contributed by atoms with E-state index in [-0.39, 0.29) is 25.9 Å². The minimum absolute atomic E-state index is 0.146. The van der Waals surface area contributed by atoms with Gasteiger partial charge in [0, 0.05) is 6.42 Å². The van der Waals surface area contributed by atoms with Gasteiger partial charge in [-0.3, -0.25) is 14.5 Å². The van der Waals surface area contributed by atoms with E-state index >= 15 is 0 Å². The fourth-order valence-corrected chi connectivity index (χ4v) is 1.24. The van der Waals surface area contributed by atoms with Gasteiger partial charge in [0.1, 0.15) is 18.6 Å². The van der Waals surface area contributed by atoms with E-state index in [1.807, 2.05) is 0 Å². The topological polar surface area (TPSA) is 112 Å². The molecule has 0 aromatic carbocycles. The average Bonchev–Trinajstić information content (AvgIpc) is 2.17. The van der Waals surface area contributed by atoms with Gasteiger partial charge in [0.05, 0.1) is 13.1 Å². The van der Waals surface area contributed by atoms with Crippen LogP contribution >= 0.6 is 0 Å². The number of carbonyl (C=O) groups excluding carboxylic acids is 2. The van der Waals surface area contributed by atoms with Crippen molar-refractivity contribution < 1.29 is 29.4 Å². The molecule has 16 heavy (non-hydrogen) atoms. The first kappa shape index (κ1) is 14.2. The lowest BCUT2D eigenvalue weighted by molar-refractivity contribution is -0.144. The molecular formula is C9H13NO6. The van der Waals surface area contributed by atoms with Crippen LogP contribution in [0.3, 0.4) is 0 Å². The summed E-state index contributed by atoms with van der Waals surface area (Å²) < 4.78 is 0. The Kier molecular flexibility index (Phi) is 6.69. The molecule has 0 spiro atoms. The molecule has 0 saturated heterocycles. The van der Waals surface area contributed by atoms with E-state index in [4.69, 9.17) is 10.2 Å². The Balaban J connectivity index is 4.55. The minimum Gasteiger partial charge on any atom is -0.481 e. The second-order valence-corrected chi connectivity index (χ2v) is 3.07. The molecule has 0 rings (SSSR count). The highest BCUT2D eigenvalue weighted by Gasteiger charge is 2.25. The van der Waals surface area contributed by atoms with E-state index in [2.05, 4.69) is 0 Å². The first-order chi connectivity index (χ1) is 7.52. The number of carboxylic acid groups (broad SMARTS) is 2. The second kappa shape index (κ2) is 7.52. The molecule has 0 radical (unpaired) electrons. The van der Waals surface area contributed by atoms with Crippen molar-refractivity contribution in [3.63, 3.8) is 0 Å². The number of carboxylic acids is 2. The van der Waals surface area contributed by atoms with Crippen molar-refractivity contribution in [3.8, 4) is 0 Å². The molecule has 0 aliphatic carbocycles. The lowest BCUT2D eigenvalue weighted by Crippen LogP contribution is -2.43. The Hall–Kier alpha value is -1.76. The fourth-order valence-electron chi connectivity index (χ4n) is 1.24. The molecule has 0 saturated carbocycles. The van der Waals surface area contributed by atoms with Gasteiger partial charge in [-0.1, -0.05) is 0 Å². The van der Waals surface area contributed by atoms with Crippen LogP contribution in [0.4, 0.5) is 0 Å².